The molecule has 2 nitrogen and oxygen atoms in total. The molecule has 0 saturated carbocycles. The SMILES string of the molecule is Cc1ccc(C(N[C@@H](c2ccccc2)[C@@H](NC(c2ccc(C)cc2)c2ccc(C)cc2)c2ccccc2)c2ccc(C)cc2)cc1. The van der Waals surface area contributed by atoms with Gasteiger partial charge in [0.15, 0.2) is 0 Å². The molecular formula is C44H44N2. The average molecular weight is 601 g/mol. The molecule has 0 fully saturated rings. The molecule has 0 bridgehead atoms. The predicted octanol–water partition coefficient (Wildman–Crippen LogP) is 10.5. The van der Waals surface area contributed by atoms with Crippen LogP contribution in [0, 0.1) is 27.7 Å². The summed E-state index contributed by atoms with van der Waals surface area (Å²) in [5.74, 6) is 0. The predicted molar refractivity (Wildman–Crippen MR) is 193 cm³/mol. The summed E-state index contributed by atoms with van der Waals surface area (Å²) in [6.07, 6.45) is 0. The highest BCUT2D eigenvalue weighted by molar-refractivity contribution is 5.39. The third kappa shape index (κ3) is 7.54. The third-order valence-electron chi connectivity index (χ3n) is 8.99. The van der Waals surface area contributed by atoms with Crippen molar-refractivity contribution in [2.75, 3.05) is 0 Å². The highest BCUT2D eigenvalue weighted by atomic mass is 15.1. The highest BCUT2D eigenvalue weighted by Gasteiger charge is 2.31. The quantitative estimate of drug-likeness (QED) is 0.155. The van der Waals surface area contributed by atoms with Crippen LogP contribution in [0.15, 0.2) is 158 Å². The fourth-order valence-electron chi connectivity index (χ4n) is 6.26. The molecule has 0 saturated heterocycles. The van der Waals surface area contributed by atoms with Gasteiger partial charge in [0.2, 0.25) is 0 Å². The molecule has 6 aromatic rings. The minimum atomic E-state index is -0.0606. The van der Waals surface area contributed by atoms with Crippen molar-refractivity contribution in [3.63, 3.8) is 0 Å². The van der Waals surface area contributed by atoms with Gasteiger partial charge in [-0.25, -0.2) is 0 Å². The number of nitrogens with one attached hydrogen (secondary N) is 2. The lowest BCUT2D eigenvalue weighted by Crippen LogP contribution is -2.39. The third-order valence-corrected chi connectivity index (χ3v) is 8.99. The van der Waals surface area contributed by atoms with E-state index in [2.05, 4.69) is 196 Å². The average Bonchev–Trinajstić information content (AvgIpc) is 3.09. The summed E-state index contributed by atoms with van der Waals surface area (Å²) in [5.41, 5.74) is 12.5. The molecule has 0 aliphatic carbocycles. The van der Waals surface area contributed by atoms with Gasteiger partial charge in [0.25, 0.3) is 0 Å². The lowest BCUT2D eigenvalue weighted by atomic mass is 9.88. The molecule has 230 valence electrons. The Morgan fingerprint density at radius 1 is 0.283 bits per heavy atom. The summed E-state index contributed by atoms with van der Waals surface area (Å²) in [6.45, 7) is 8.60. The molecule has 2 N–H and O–H groups in total. The molecular weight excluding hydrogens is 556 g/mol. The molecule has 0 unspecified atom stereocenters. The molecule has 0 aliphatic rings. The molecule has 0 spiro atoms. The van der Waals surface area contributed by atoms with Gasteiger partial charge in [-0.1, -0.05) is 180 Å². The fourth-order valence-corrected chi connectivity index (χ4v) is 6.26. The second-order valence-electron chi connectivity index (χ2n) is 12.6. The van der Waals surface area contributed by atoms with Crippen molar-refractivity contribution in [2.45, 2.75) is 51.9 Å². The van der Waals surface area contributed by atoms with E-state index in [1.54, 1.807) is 0 Å². The van der Waals surface area contributed by atoms with Gasteiger partial charge in [-0.2, -0.15) is 0 Å². The maximum Gasteiger partial charge on any atom is 0.0582 e. The maximum absolute atomic E-state index is 4.20. The van der Waals surface area contributed by atoms with E-state index in [4.69, 9.17) is 0 Å². The van der Waals surface area contributed by atoms with Crippen molar-refractivity contribution >= 4 is 0 Å². The van der Waals surface area contributed by atoms with E-state index in [1.807, 2.05) is 0 Å². The number of aryl methyl sites for hydroxylation is 4. The minimum absolute atomic E-state index is 0.0170. The van der Waals surface area contributed by atoms with Gasteiger partial charge in [-0.3, -0.25) is 10.6 Å². The van der Waals surface area contributed by atoms with Gasteiger partial charge >= 0.3 is 0 Å². The molecule has 2 heteroatoms. The molecule has 0 aromatic heterocycles. The van der Waals surface area contributed by atoms with Crippen LogP contribution in [0.25, 0.3) is 0 Å². The van der Waals surface area contributed by atoms with Crippen LogP contribution in [0.1, 0.15) is 79.8 Å². The number of benzene rings is 6. The zero-order chi connectivity index (χ0) is 31.9. The molecule has 0 radical (unpaired) electrons. The summed E-state index contributed by atoms with van der Waals surface area (Å²) < 4.78 is 0. The topological polar surface area (TPSA) is 24.1 Å². The smallest absolute Gasteiger partial charge is 0.0582 e. The van der Waals surface area contributed by atoms with Gasteiger partial charge in [0.05, 0.1) is 24.2 Å². The number of hydrogen-bond donors (Lipinski definition) is 2. The van der Waals surface area contributed by atoms with Crippen molar-refractivity contribution in [3.05, 3.63) is 213 Å². The lowest BCUT2D eigenvalue weighted by molar-refractivity contribution is 0.346. The summed E-state index contributed by atoms with van der Waals surface area (Å²) in [7, 11) is 0. The molecule has 2 atom stereocenters. The Morgan fingerprint density at radius 2 is 0.522 bits per heavy atom. The Bertz CT molecular complexity index is 1560. The molecule has 0 amide bonds. The fraction of sp³-hybridized carbons (Fsp3) is 0.182. The van der Waals surface area contributed by atoms with Crippen LogP contribution in [-0.4, -0.2) is 0 Å². The first-order valence-electron chi connectivity index (χ1n) is 16.3. The Labute approximate surface area is 275 Å². The highest BCUT2D eigenvalue weighted by Crippen LogP contribution is 2.37. The van der Waals surface area contributed by atoms with Crippen molar-refractivity contribution in [2.24, 2.45) is 0 Å². The molecule has 6 aromatic carbocycles. The number of hydrogen-bond acceptors (Lipinski definition) is 2. The second-order valence-corrected chi connectivity index (χ2v) is 12.6. The van der Waals surface area contributed by atoms with Crippen LogP contribution in [-0.2, 0) is 0 Å². The molecule has 46 heavy (non-hydrogen) atoms. The van der Waals surface area contributed by atoms with Gasteiger partial charge in [-0.05, 0) is 61.1 Å². The van der Waals surface area contributed by atoms with E-state index >= 15 is 0 Å². The summed E-state index contributed by atoms with van der Waals surface area (Å²) in [4.78, 5) is 0. The van der Waals surface area contributed by atoms with E-state index < -0.39 is 0 Å². The van der Waals surface area contributed by atoms with Crippen LogP contribution >= 0.6 is 0 Å². The van der Waals surface area contributed by atoms with Crippen LogP contribution < -0.4 is 10.6 Å². The second kappa shape index (κ2) is 14.6. The maximum atomic E-state index is 4.20. The van der Waals surface area contributed by atoms with Gasteiger partial charge in [0.1, 0.15) is 0 Å². The van der Waals surface area contributed by atoms with E-state index in [0.29, 0.717) is 0 Å². The Kier molecular flexibility index (Phi) is 9.88. The molecule has 0 aliphatic heterocycles. The first-order chi connectivity index (χ1) is 22.4. The Morgan fingerprint density at radius 3 is 0.761 bits per heavy atom. The van der Waals surface area contributed by atoms with Crippen LogP contribution in [0.5, 0.6) is 0 Å². The van der Waals surface area contributed by atoms with Gasteiger partial charge < -0.3 is 0 Å². The van der Waals surface area contributed by atoms with Gasteiger partial charge in [-0.15, -0.1) is 0 Å². The van der Waals surface area contributed by atoms with Crippen LogP contribution in [0.4, 0.5) is 0 Å². The normalized spacial score (nSPS) is 12.7. The standard InChI is InChI=1S/C44H44N2/c1-31-15-23-37(24-16-31)41(38-25-17-32(2)18-26-38)45-43(35-11-7-5-8-12-35)44(36-13-9-6-10-14-36)46-42(39-27-19-33(3)20-28-39)40-29-21-34(4)22-30-40/h5-30,41-46H,1-4H3/t43-,44-/m0/s1. The van der Waals surface area contributed by atoms with Crippen molar-refractivity contribution < 1.29 is 0 Å². The van der Waals surface area contributed by atoms with E-state index in [0.717, 1.165) is 0 Å². The minimum Gasteiger partial charge on any atom is -0.298 e. The zero-order valence-corrected chi connectivity index (χ0v) is 27.3. The summed E-state index contributed by atoms with van der Waals surface area (Å²) in [5, 5.41) is 8.41. The first kappa shape index (κ1) is 31.2. The van der Waals surface area contributed by atoms with Crippen LogP contribution in [0.3, 0.4) is 0 Å². The van der Waals surface area contributed by atoms with E-state index in [-0.39, 0.29) is 24.2 Å². The van der Waals surface area contributed by atoms with Crippen LogP contribution in [0.2, 0.25) is 0 Å². The first-order valence-corrected chi connectivity index (χ1v) is 16.3. The van der Waals surface area contributed by atoms with E-state index in [1.165, 1.54) is 55.6 Å². The monoisotopic (exact) mass is 600 g/mol. The Balaban J connectivity index is 1.50. The zero-order valence-electron chi connectivity index (χ0n) is 27.3. The largest absolute Gasteiger partial charge is 0.298 e. The summed E-state index contributed by atoms with van der Waals surface area (Å²) in [6, 6.07) is 57.5. The Hall–Kier alpha value is -4.76. The van der Waals surface area contributed by atoms with Crippen molar-refractivity contribution in [1.29, 1.82) is 0 Å². The lowest BCUT2D eigenvalue weighted by Gasteiger charge is -2.36. The molecule has 0 heterocycles. The number of rotatable bonds is 11. The molecule has 6 rings (SSSR count). The van der Waals surface area contributed by atoms with Gasteiger partial charge in [0, 0.05) is 0 Å². The summed E-state index contributed by atoms with van der Waals surface area (Å²) >= 11 is 0. The van der Waals surface area contributed by atoms with Crippen molar-refractivity contribution in [1.82, 2.24) is 10.6 Å². The van der Waals surface area contributed by atoms with Crippen molar-refractivity contribution in [3.8, 4) is 0 Å². The van der Waals surface area contributed by atoms with E-state index in [9.17, 15) is 0 Å².